The normalized spacial score (nSPS) is 23.1. The second-order valence-corrected chi connectivity index (χ2v) is 5.31. The Labute approximate surface area is 117 Å². The van der Waals surface area contributed by atoms with Gasteiger partial charge in [-0.15, -0.1) is 0 Å². The maximum absolute atomic E-state index is 13.2. The summed E-state index contributed by atoms with van der Waals surface area (Å²) >= 11 is 0. The summed E-state index contributed by atoms with van der Waals surface area (Å²) < 4.78 is 26.1. The van der Waals surface area contributed by atoms with E-state index in [-0.39, 0.29) is 12.3 Å². The molecule has 0 aliphatic heterocycles. The first-order valence-corrected chi connectivity index (χ1v) is 6.89. The van der Waals surface area contributed by atoms with Crippen LogP contribution in [-0.4, -0.2) is 11.1 Å². The van der Waals surface area contributed by atoms with Crippen LogP contribution >= 0.6 is 0 Å². The van der Waals surface area contributed by atoms with Crippen molar-refractivity contribution < 1.29 is 18.7 Å². The van der Waals surface area contributed by atoms with Crippen LogP contribution in [0, 0.1) is 17.6 Å². The van der Waals surface area contributed by atoms with E-state index < -0.39 is 17.6 Å². The third-order valence-corrected chi connectivity index (χ3v) is 3.89. The fraction of sp³-hybridized carbons (Fsp3) is 0.438. The Morgan fingerprint density at radius 1 is 1.20 bits per heavy atom. The molecule has 1 aromatic carbocycles. The molecule has 1 aromatic rings. The van der Waals surface area contributed by atoms with Crippen molar-refractivity contribution in [3.05, 3.63) is 47.5 Å². The summed E-state index contributed by atoms with van der Waals surface area (Å²) in [6.07, 6.45) is 7.49. The quantitative estimate of drug-likeness (QED) is 0.836. The zero-order chi connectivity index (χ0) is 14.5. The molecule has 0 atom stereocenters. The van der Waals surface area contributed by atoms with Gasteiger partial charge in [0.05, 0.1) is 6.42 Å². The van der Waals surface area contributed by atoms with Crippen molar-refractivity contribution in [3.8, 4) is 0 Å². The summed E-state index contributed by atoms with van der Waals surface area (Å²) in [5.41, 5.74) is 0.858. The maximum Gasteiger partial charge on any atom is 0.307 e. The van der Waals surface area contributed by atoms with Gasteiger partial charge in [-0.25, -0.2) is 8.78 Å². The van der Waals surface area contributed by atoms with E-state index in [1.165, 1.54) is 12.1 Å². The molecular formula is C16H18F2O2. The highest BCUT2D eigenvalue weighted by molar-refractivity contribution is 5.68. The molecule has 1 saturated carbocycles. The number of allylic oxidation sites excluding steroid dienone is 1. The molecule has 0 amide bonds. The van der Waals surface area contributed by atoms with Gasteiger partial charge in [0.15, 0.2) is 11.6 Å². The second kappa shape index (κ2) is 6.64. The number of hydrogen-bond acceptors (Lipinski definition) is 1. The largest absolute Gasteiger partial charge is 0.481 e. The molecule has 0 bridgehead atoms. The highest BCUT2D eigenvalue weighted by atomic mass is 19.2. The van der Waals surface area contributed by atoms with Crippen molar-refractivity contribution in [1.82, 2.24) is 0 Å². The van der Waals surface area contributed by atoms with Crippen LogP contribution in [-0.2, 0) is 4.79 Å². The van der Waals surface area contributed by atoms with Crippen LogP contribution in [0.3, 0.4) is 0 Å². The first-order chi connectivity index (χ1) is 9.56. The molecule has 0 unspecified atom stereocenters. The van der Waals surface area contributed by atoms with Gasteiger partial charge in [0.2, 0.25) is 0 Å². The van der Waals surface area contributed by atoms with Crippen LogP contribution in [0.5, 0.6) is 0 Å². The van der Waals surface area contributed by atoms with Gasteiger partial charge in [0.1, 0.15) is 0 Å². The number of halogens is 2. The molecule has 108 valence electrons. The SMILES string of the molecule is O=C(O)CC=CC1CCC(c2ccc(F)c(F)c2)CC1. The number of rotatable bonds is 4. The highest BCUT2D eigenvalue weighted by Crippen LogP contribution is 2.36. The van der Waals surface area contributed by atoms with Crippen LogP contribution in [0.15, 0.2) is 30.4 Å². The molecule has 4 heteroatoms. The number of aliphatic carboxylic acids is 1. The van der Waals surface area contributed by atoms with Gasteiger partial charge < -0.3 is 5.11 Å². The van der Waals surface area contributed by atoms with Crippen LogP contribution in [0.4, 0.5) is 8.78 Å². The average Bonchev–Trinajstić information content (AvgIpc) is 2.42. The summed E-state index contributed by atoms with van der Waals surface area (Å²) in [5, 5.41) is 8.56. The highest BCUT2D eigenvalue weighted by Gasteiger charge is 2.21. The van der Waals surface area contributed by atoms with Crippen molar-refractivity contribution in [3.63, 3.8) is 0 Å². The monoisotopic (exact) mass is 280 g/mol. The average molecular weight is 280 g/mol. The van der Waals surface area contributed by atoms with Crippen LogP contribution in [0.2, 0.25) is 0 Å². The molecule has 0 radical (unpaired) electrons. The number of carboxylic acids is 1. The lowest BCUT2D eigenvalue weighted by molar-refractivity contribution is -0.136. The molecule has 2 nitrogen and oxygen atoms in total. The van der Waals surface area contributed by atoms with E-state index in [1.807, 2.05) is 6.08 Å². The van der Waals surface area contributed by atoms with Gasteiger partial charge in [-0.3, -0.25) is 4.79 Å². The summed E-state index contributed by atoms with van der Waals surface area (Å²) in [7, 11) is 0. The predicted molar refractivity (Wildman–Crippen MR) is 72.4 cm³/mol. The zero-order valence-electron chi connectivity index (χ0n) is 11.2. The third-order valence-electron chi connectivity index (χ3n) is 3.89. The van der Waals surface area contributed by atoms with Gasteiger partial charge in [-0.1, -0.05) is 18.2 Å². The smallest absolute Gasteiger partial charge is 0.307 e. The topological polar surface area (TPSA) is 37.3 Å². The van der Waals surface area contributed by atoms with Crippen LogP contribution in [0.25, 0.3) is 0 Å². The molecule has 1 fully saturated rings. The summed E-state index contributed by atoms with van der Waals surface area (Å²) in [6.45, 7) is 0. The fourth-order valence-corrected chi connectivity index (χ4v) is 2.77. The van der Waals surface area contributed by atoms with E-state index in [0.717, 1.165) is 31.2 Å². The van der Waals surface area contributed by atoms with E-state index >= 15 is 0 Å². The Hall–Kier alpha value is -1.71. The molecule has 1 aliphatic rings. The van der Waals surface area contributed by atoms with Gasteiger partial charge in [0.25, 0.3) is 0 Å². The van der Waals surface area contributed by atoms with E-state index in [2.05, 4.69) is 0 Å². The minimum atomic E-state index is -0.822. The van der Waals surface area contributed by atoms with Gasteiger partial charge in [-0.2, -0.15) is 0 Å². The molecule has 2 rings (SSSR count). The molecule has 0 aromatic heterocycles. The molecule has 20 heavy (non-hydrogen) atoms. The van der Waals surface area contributed by atoms with E-state index in [4.69, 9.17) is 5.11 Å². The van der Waals surface area contributed by atoms with Crippen molar-refractivity contribution in [2.75, 3.05) is 0 Å². The van der Waals surface area contributed by atoms with Crippen LogP contribution < -0.4 is 0 Å². The molecular weight excluding hydrogens is 262 g/mol. The first-order valence-electron chi connectivity index (χ1n) is 6.89. The fourth-order valence-electron chi connectivity index (χ4n) is 2.77. The van der Waals surface area contributed by atoms with Crippen molar-refractivity contribution in [1.29, 1.82) is 0 Å². The third kappa shape index (κ3) is 3.89. The summed E-state index contributed by atoms with van der Waals surface area (Å²) in [4.78, 5) is 10.4. The molecule has 1 aliphatic carbocycles. The second-order valence-electron chi connectivity index (χ2n) is 5.31. The Morgan fingerprint density at radius 2 is 1.90 bits per heavy atom. The van der Waals surface area contributed by atoms with E-state index in [9.17, 15) is 13.6 Å². The number of hydrogen-bond donors (Lipinski definition) is 1. The lowest BCUT2D eigenvalue weighted by atomic mass is 9.78. The Morgan fingerprint density at radius 3 is 2.50 bits per heavy atom. The lowest BCUT2D eigenvalue weighted by Crippen LogP contribution is -2.12. The number of carbonyl (C=O) groups is 1. The minimum Gasteiger partial charge on any atom is -0.481 e. The number of carboxylic acid groups (broad SMARTS) is 1. The minimum absolute atomic E-state index is 0.0586. The Kier molecular flexibility index (Phi) is 4.88. The molecule has 1 N–H and O–H groups in total. The Bertz CT molecular complexity index is 503. The van der Waals surface area contributed by atoms with Gasteiger partial charge in [0, 0.05) is 0 Å². The van der Waals surface area contributed by atoms with Crippen molar-refractivity contribution in [2.24, 2.45) is 5.92 Å². The summed E-state index contributed by atoms with van der Waals surface area (Å²) in [5.74, 6) is -1.74. The summed E-state index contributed by atoms with van der Waals surface area (Å²) in [6, 6.07) is 4.13. The van der Waals surface area contributed by atoms with Gasteiger partial charge >= 0.3 is 5.97 Å². The van der Waals surface area contributed by atoms with Crippen molar-refractivity contribution in [2.45, 2.75) is 38.0 Å². The number of benzene rings is 1. The van der Waals surface area contributed by atoms with Gasteiger partial charge in [-0.05, 0) is 55.2 Å². The Balaban J connectivity index is 1.89. The lowest BCUT2D eigenvalue weighted by Gasteiger charge is -2.27. The van der Waals surface area contributed by atoms with E-state index in [0.29, 0.717) is 5.92 Å². The molecule has 0 saturated heterocycles. The molecule has 0 heterocycles. The first kappa shape index (κ1) is 14.7. The van der Waals surface area contributed by atoms with E-state index in [1.54, 1.807) is 12.1 Å². The molecule has 0 spiro atoms. The van der Waals surface area contributed by atoms with Crippen LogP contribution in [0.1, 0.15) is 43.6 Å². The predicted octanol–water partition coefficient (Wildman–Crippen LogP) is 4.27. The maximum atomic E-state index is 13.2. The standard InChI is InChI=1S/C16H18F2O2/c17-14-9-8-13(10-15(14)18)12-6-4-11(5-7-12)2-1-3-16(19)20/h1-2,8-12H,3-7H2,(H,19,20). The van der Waals surface area contributed by atoms with Crippen molar-refractivity contribution >= 4 is 5.97 Å². The zero-order valence-corrected chi connectivity index (χ0v) is 11.2.